The molecule has 3 aromatic rings. The Morgan fingerprint density at radius 1 is 1.03 bits per heavy atom. The third-order valence-electron chi connectivity index (χ3n) is 4.56. The molecule has 33 heavy (non-hydrogen) atoms. The Balaban J connectivity index is 1.68. The molecule has 0 aliphatic heterocycles. The van der Waals surface area contributed by atoms with E-state index in [-0.39, 0.29) is 34.5 Å². The Hall–Kier alpha value is -3.18. The van der Waals surface area contributed by atoms with Gasteiger partial charge in [0, 0.05) is 6.54 Å². The van der Waals surface area contributed by atoms with Crippen LogP contribution in [0.5, 0.6) is 0 Å². The zero-order valence-corrected chi connectivity index (χ0v) is 19.9. The fraction of sp³-hybridized carbons (Fsp3) is 0.273. The van der Waals surface area contributed by atoms with Gasteiger partial charge >= 0.3 is 5.97 Å². The quantitative estimate of drug-likeness (QED) is 0.341. The van der Waals surface area contributed by atoms with E-state index in [4.69, 9.17) is 4.74 Å². The van der Waals surface area contributed by atoms with Crippen LogP contribution in [-0.2, 0) is 31.7 Å². The molecule has 0 unspecified atom stereocenters. The Kier molecular flexibility index (Phi) is 8.23. The maximum atomic E-state index is 12.7. The first-order valence-electron chi connectivity index (χ1n) is 10.2. The minimum atomic E-state index is -3.58. The molecule has 0 radical (unpaired) electrons. The minimum Gasteiger partial charge on any atom is -0.462 e. The Morgan fingerprint density at radius 2 is 1.73 bits per heavy atom. The molecule has 174 valence electrons. The van der Waals surface area contributed by atoms with Gasteiger partial charge in [0.1, 0.15) is 11.6 Å². The number of thioether (sulfide) groups is 1. The molecule has 9 nitrogen and oxygen atoms in total. The van der Waals surface area contributed by atoms with Crippen molar-refractivity contribution in [1.29, 1.82) is 0 Å². The first kappa shape index (κ1) is 24.5. The summed E-state index contributed by atoms with van der Waals surface area (Å²) in [6.45, 7) is 4.23. The number of sulfone groups is 1. The highest BCUT2D eigenvalue weighted by Crippen LogP contribution is 2.22. The lowest BCUT2D eigenvalue weighted by Gasteiger charge is -2.11. The number of aromatic nitrogens is 3. The summed E-state index contributed by atoms with van der Waals surface area (Å²) in [6.07, 6.45) is 0. The number of ether oxygens (including phenoxy) is 1. The number of hydrogen-bond donors (Lipinski definition) is 1. The molecule has 0 saturated carbocycles. The normalized spacial score (nSPS) is 11.2. The van der Waals surface area contributed by atoms with Crippen LogP contribution < -0.4 is 5.32 Å². The van der Waals surface area contributed by atoms with E-state index in [1.54, 1.807) is 54.0 Å². The molecule has 1 amide bonds. The van der Waals surface area contributed by atoms with Crippen LogP contribution >= 0.6 is 11.8 Å². The van der Waals surface area contributed by atoms with Crippen molar-refractivity contribution in [2.75, 3.05) is 17.7 Å². The molecular formula is C22H24N4O5S2. The van der Waals surface area contributed by atoms with E-state index in [1.165, 1.54) is 12.1 Å². The van der Waals surface area contributed by atoms with E-state index in [1.807, 2.05) is 6.92 Å². The number of amides is 1. The van der Waals surface area contributed by atoms with Gasteiger partial charge < -0.3 is 14.6 Å². The van der Waals surface area contributed by atoms with Crippen LogP contribution in [0.15, 0.2) is 64.6 Å². The maximum absolute atomic E-state index is 12.7. The number of para-hydroxylation sites is 1. The number of nitrogens with zero attached hydrogens (tertiary/aromatic N) is 3. The summed E-state index contributed by atoms with van der Waals surface area (Å²) in [5.74, 6) is -0.855. The van der Waals surface area contributed by atoms with Gasteiger partial charge in [0.25, 0.3) is 0 Å². The average molecular weight is 489 g/mol. The van der Waals surface area contributed by atoms with Gasteiger partial charge in [0.15, 0.2) is 15.0 Å². The van der Waals surface area contributed by atoms with Gasteiger partial charge in [-0.25, -0.2) is 13.2 Å². The van der Waals surface area contributed by atoms with Gasteiger partial charge in [-0.3, -0.25) is 4.79 Å². The standard InChI is InChI=1S/C22H24N4O5S2/c1-3-26-19(15-33(29,30)16-10-6-5-7-11-16)24-25-22(26)32-14-20(27)23-18-13-9-8-12-17(18)21(28)31-4-2/h5-13H,3-4,14-15H2,1-2H3,(H,23,27). The van der Waals surface area contributed by atoms with Crippen molar-refractivity contribution in [3.05, 3.63) is 66.0 Å². The van der Waals surface area contributed by atoms with Crippen LogP contribution in [0.3, 0.4) is 0 Å². The molecule has 3 rings (SSSR count). The maximum Gasteiger partial charge on any atom is 0.340 e. The van der Waals surface area contributed by atoms with E-state index in [9.17, 15) is 18.0 Å². The SMILES string of the molecule is CCOC(=O)c1ccccc1NC(=O)CSc1nnc(CS(=O)(=O)c2ccccc2)n1CC. The Labute approximate surface area is 196 Å². The summed E-state index contributed by atoms with van der Waals surface area (Å²) in [5, 5.41) is 11.3. The van der Waals surface area contributed by atoms with Crippen molar-refractivity contribution in [1.82, 2.24) is 14.8 Å². The lowest BCUT2D eigenvalue weighted by atomic mass is 10.2. The first-order chi connectivity index (χ1) is 15.9. The van der Waals surface area contributed by atoms with Gasteiger partial charge in [-0.15, -0.1) is 10.2 Å². The fourth-order valence-corrected chi connectivity index (χ4v) is 5.14. The molecule has 0 saturated heterocycles. The number of carbonyl (C=O) groups excluding carboxylic acids is 2. The molecular weight excluding hydrogens is 464 g/mol. The van der Waals surface area contributed by atoms with E-state index in [0.717, 1.165) is 11.8 Å². The van der Waals surface area contributed by atoms with Gasteiger partial charge in [0.2, 0.25) is 5.91 Å². The fourth-order valence-electron chi connectivity index (χ4n) is 3.03. The molecule has 11 heteroatoms. The van der Waals surface area contributed by atoms with E-state index < -0.39 is 15.8 Å². The second kappa shape index (κ2) is 11.1. The Morgan fingerprint density at radius 3 is 2.42 bits per heavy atom. The predicted molar refractivity (Wildman–Crippen MR) is 125 cm³/mol. The summed E-state index contributed by atoms with van der Waals surface area (Å²) >= 11 is 1.13. The van der Waals surface area contributed by atoms with E-state index in [2.05, 4.69) is 15.5 Å². The lowest BCUT2D eigenvalue weighted by molar-refractivity contribution is -0.113. The molecule has 1 aromatic heterocycles. The van der Waals surface area contributed by atoms with Crippen molar-refractivity contribution >= 4 is 39.2 Å². The van der Waals surface area contributed by atoms with Crippen LogP contribution in [0.4, 0.5) is 5.69 Å². The monoisotopic (exact) mass is 488 g/mol. The van der Waals surface area contributed by atoms with E-state index in [0.29, 0.717) is 23.2 Å². The molecule has 0 fully saturated rings. The number of rotatable bonds is 10. The molecule has 0 aliphatic rings. The second-order valence-corrected chi connectivity index (χ2v) is 9.75. The van der Waals surface area contributed by atoms with Crippen molar-refractivity contribution < 1.29 is 22.7 Å². The van der Waals surface area contributed by atoms with Crippen LogP contribution in [0, 0.1) is 0 Å². The average Bonchev–Trinajstić information content (AvgIpc) is 3.19. The molecule has 0 bridgehead atoms. The molecule has 2 aromatic carbocycles. The highest BCUT2D eigenvalue weighted by molar-refractivity contribution is 7.99. The lowest BCUT2D eigenvalue weighted by Crippen LogP contribution is -2.18. The summed E-state index contributed by atoms with van der Waals surface area (Å²) in [4.78, 5) is 24.8. The molecule has 0 atom stereocenters. The van der Waals surface area contributed by atoms with Gasteiger partial charge in [-0.1, -0.05) is 42.1 Å². The zero-order chi connectivity index (χ0) is 23.8. The third-order valence-corrected chi connectivity index (χ3v) is 7.16. The highest BCUT2D eigenvalue weighted by atomic mass is 32.2. The minimum absolute atomic E-state index is 0.000723. The summed E-state index contributed by atoms with van der Waals surface area (Å²) in [5.41, 5.74) is 0.621. The number of hydrogen-bond acceptors (Lipinski definition) is 8. The topological polar surface area (TPSA) is 120 Å². The van der Waals surface area contributed by atoms with Crippen molar-refractivity contribution in [3.8, 4) is 0 Å². The molecule has 0 spiro atoms. The molecule has 1 N–H and O–H groups in total. The zero-order valence-electron chi connectivity index (χ0n) is 18.2. The number of anilines is 1. The number of nitrogens with one attached hydrogen (secondary N) is 1. The van der Waals surface area contributed by atoms with Crippen molar-refractivity contribution in [3.63, 3.8) is 0 Å². The van der Waals surface area contributed by atoms with Crippen LogP contribution in [0.2, 0.25) is 0 Å². The second-order valence-electron chi connectivity index (χ2n) is 6.82. The van der Waals surface area contributed by atoms with Crippen molar-refractivity contribution in [2.24, 2.45) is 0 Å². The Bertz CT molecular complexity index is 1230. The summed E-state index contributed by atoms with van der Waals surface area (Å²) < 4.78 is 32.1. The predicted octanol–water partition coefficient (Wildman–Crippen LogP) is 3.18. The molecule has 1 heterocycles. The smallest absolute Gasteiger partial charge is 0.340 e. The number of benzene rings is 2. The van der Waals surface area contributed by atoms with Crippen molar-refractivity contribution in [2.45, 2.75) is 36.2 Å². The first-order valence-corrected chi connectivity index (χ1v) is 12.9. The largest absolute Gasteiger partial charge is 0.462 e. The van der Waals surface area contributed by atoms with E-state index >= 15 is 0 Å². The van der Waals surface area contributed by atoms with Gasteiger partial charge in [-0.05, 0) is 38.1 Å². The summed E-state index contributed by atoms with van der Waals surface area (Å²) in [6, 6.07) is 14.7. The summed E-state index contributed by atoms with van der Waals surface area (Å²) in [7, 11) is -3.58. The van der Waals surface area contributed by atoms with Gasteiger partial charge in [0.05, 0.1) is 28.5 Å². The van der Waals surface area contributed by atoms with Crippen LogP contribution in [0.25, 0.3) is 0 Å². The van der Waals surface area contributed by atoms with Crippen LogP contribution in [-0.4, -0.2) is 47.4 Å². The number of esters is 1. The molecule has 0 aliphatic carbocycles. The number of carbonyl (C=O) groups is 2. The highest BCUT2D eigenvalue weighted by Gasteiger charge is 2.21. The van der Waals surface area contributed by atoms with Gasteiger partial charge in [-0.2, -0.15) is 0 Å². The van der Waals surface area contributed by atoms with Crippen LogP contribution in [0.1, 0.15) is 30.0 Å². The third kappa shape index (κ3) is 6.20.